The lowest BCUT2D eigenvalue weighted by Crippen LogP contribution is -2.65. The lowest BCUT2D eigenvalue weighted by Gasteiger charge is -2.45. The first kappa shape index (κ1) is 101. The number of carbonyl (C=O) groups excluding carboxylic acids is 9. The molecule has 19 bridgehead atoms. The monoisotopic (exact) mass is 1990 g/mol. The molecule has 12 heterocycles. The Balaban J connectivity index is 0.952. The molecule has 7 aromatic rings. The summed E-state index contributed by atoms with van der Waals surface area (Å²) >= 11 is 14.9. The van der Waals surface area contributed by atoms with Crippen molar-refractivity contribution in [3.63, 3.8) is 0 Å². The second-order valence-electron chi connectivity index (χ2n) is 36.6. The van der Waals surface area contributed by atoms with Gasteiger partial charge >= 0.3 is 0 Å². The standard InChI is InChI=1S/C95H109Cl2N11O32/c1-38(2)8-6-4-5-7-9-67(117)102-75-81(122)78(119)65(36-110)137-94(75)140-85-62-29-46-30-63(85)134-59-17-13-44(27-53(59)97)84(139-93-74(99-39(3)112)80(121)77(118)64(35-109)136-93)76-92(131)106-73(91(130)101-55-34-108-20-18-41(55)19-21-108)51-32-48(114)33-61(135-95-83(124)82(123)79(120)66(37-111)138-95)68(51)50-26-43(12-14-56(50)115)70(88(127)107-76)104-90(129)72(46)105-89(128)71-45-24-47(113)31-49(25-45)132-60-28-42(11-15-57(60)116)69(98)87(126)100-54(86(125)103-71)23-40-10-16-58(133-62)52(96)22-40/h10-17,22,24-33,38,41,54-55,64-66,69-84,93-95,109-111,113-116,118-124H,4-9,18-21,23,34-37,98H2,1-3H3,(H,99,112)(H,100,126)(H,101,130)(H,102,117)(H,103,125)(H,104,129)(H,105,128)(H,106,131)(H,107,127)/t54-,55?,64+,65+,66-,69-,70-,71+,72-,73+,74+,75+,76+,77-,78-,79-,80-,81-,82-,83+,84-,93+,94+,95+/m1/s1. The van der Waals surface area contributed by atoms with Crippen LogP contribution in [-0.4, -0.2) is 279 Å². The quantitative estimate of drug-likeness (QED) is 0.0476. The van der Waals surface area contributed by atoms with E-state index >= 15 is 28.8 Å². The van der Waals surface area contributed by atoms with Crippen molar-refractivity contribution in [3.05, 3.63) is 164 Å². The van der Waals surface area contributed by atoms with E-state index < -0.39 is 310 Å². The zero-order chi connectivity index (χ0) is 99.8. The van der Waals surface area contributed by atoms with Crippen LogP contribution in [0.25, 0.3) is 11.1 Å². The number of unbranched alkanes of at least 4 members (excludes halogenated alkanes) is 3. The molecule has 45 heteroatoms. The molecule has 12 aliphatic rings. The van der Waals surface area contributed by atoms with Crippen molar-refractivity contribution in [2.75, 3.05) is 39.5 Å². The Bertz CT molecular complexity index is 5860. The van der Waals surface area contributed by atoms with Gasteiger partial charge in [0.15, 0.2) is 29.3 Å². The van der Waals surface area contributed by atoms with Crippen molar-refractivity contribution >= 4 is 76.4 Å². The molecular weight excluding hydrogens is 1880 g/mol. The van der Waals surface area contributed by atoms with E-state index in [0.717, 1.165) is 105 Å². The normalized spacial score (nSPS) is 30.5. The summed E-state index contributed by atoms with van der Waals surface area (Å²) in [5.41, 5.74) is 3.55. The minimum Gasteiger partial charge on any atom is -0.508 e. The van der Waals surface area contributed by atoms with E-state index in [1.54, 1.807) is 0 Å². The fourth-order valence-corrected chi connectivity index (χ4v) is 19.3. The molecule has 9 amide bonds. The van der Waals surface area contributed by atoms with Gasteiger partial charge < -0.3 is 173 Å². The molecule has 0 aliphatic carbocycles. The Morgan fingerprint density at radius 3 is 1.72 bits per heavy atom. The van der Waals surface area contributed by atoms with Gasteiger partial charge in [0.1, 0.15) is 162 Å². The molecule has 0 saturated carbocycles. The SMILES string of the molecule is CC(=O)N[C@@H]1[C@H](O[C@@H]2c3ccc(c(Cl)c3)Oc3cc4cc(c3O[C@@H]3O[C@@H](CO)[C@@H](O)[C@H](O)[C@@H]3NC(=O)CCCCCCC(C)C)Oc3ccc(cc3Cl)C[C@H]3NC(=O)[C@H](N)c5ccc(O)c(c5)Oc5cc(O)cc(c5)[C@H](NC3=O)C(=O)N[C@H]4C(=O)N[C@H]3C(=O)N[C@@H]2C(=O)N[C@H](C(=O)NC2CN4CCC2CC4)c2cc(O)cc(O[C@H]4O[C@H](CO)[C@@H](O)[C@@H](O)[C@@H]4O)c2-c2cc3ccc2O)O[C@@H](CO)[C@@H](O)[C@@H]1O. The average Bonchev–Trinajstić information content (AvgIpc) is 0.771. The van der Waals surface area contributed by atoms with E-state index in [9.17, 15) is 85.9 Å². The van der Waals surface area contributed by atoms with Crippen molar-refractivity contribution in [2.45, 2.75) is 225 Å². The topological polar surface area (TPSA) is 657 Å². The maximum Gasteiger partial charge on any atom is 0.248 e. The fraction of sp³-hybridized carbons (Fsp3) is 0.463. The second-order valence-corrected chi connectivity index (χ2v) is 37.4. The van der Waals surface area contributed by atoms with Crippen LogP contribution in [0.15, 0.2) is 115 Å². The summed E-state index contributed by atoms with van der Waals surface area (Å²) in [6.45, 7) is 3.65. The van der Waals surface area contributed by atoms with Crippen molar-refractivity contribution in [3.8, 4) is 80.1 Å². The summed E-state index contributed by atoms with van der Waals surface area (Å²) in [7, 11) is 0. The van der Waals surface area contributed by atoms with Crippen molar-refractivity contribution in [2.24, 2.45) is 17.6 Å². The average molecular weight is 1990 g/mol. The summed E-state index contributed by atoms with van der Waals surface area (Å²) < 4.78 is 58.5. The predicted molar refractivity (Wildman–Crippen MR) is 487 cm³/mol. The first-order valence-corrected chi connectivity index (χ1v) is 46.5. The molecule has 0 radical (unpaired) electrons. The molecular formula is C95H109Cl2N11O32. The Morgan fingerprint density at radius 1 is 0.514 bits per heavy atom. The number of piperidine rings is 3. The molecule has 7 aromatic carbocycles. The number of phenols is 4. The Kier molecular flexibility index (Phi) is 30.8. The highest BCUT2D eigenvalue weighted by Gasteiger charge is 2.53. The summed E-state index contributed by atoms with van der Waals surface area (Å²) in [6, 6.07) is 1.54. The number of hydrogen-bond donors (Lipinski definition) is 24. The Hall–Kier alpha value is -12.1. The van der Waals surface area contributed by atoms with Crippen LogP contribution in [0.1, 0.15) is 147 Å². The van der Waals surface area contributed by atoms with Crippen LogP contribution in [0.4, 0.5) is 0 Å². The number of benzene rings is 7. The number of rotatable bonds is 20. The third-order valence-corrected chi connectivity index (χ3v) is 27.0. The number of amides is 9. The number of aromatic hydroxyl groups is 4. The van der Waals surface area contributed by atoms with Gasteiger partial charge in [0.05, 0.1) is 29.9 Å². The molecule has 750 valence electrons. The highest BCUT2D eigenvalue weighted by atomic mass is 35.5. The van der Waals surface area contributed by atoms with Crippen LogP contribution in [0.3, 0.4) is 0 Å². The molecule has 43 nitrogen and oxygen atoms in total. The number of halogens is 2. The summed E-state index contributed by atoms with van der Waals surface area (Å²) in [5, 5.41) is 185. The number of nitrogens with zero attached hydrogens (tertiary/aromatic N) is 1. The van der Waals surface area contributed by atoms with Gasteiger partial charge in [-0.2, -0.15) is 0 Å². The highest BCUT2D eigenvalue weighted by Crippen LogP contribution is 2.52. The molecule has 6 fully saturated rings. The van der Waals surface area contributed by atoms with Crippen LogP contribution in [0.2, 0.25) is 10.0 Å². The van der Waals surface area contributed by atoms with Gasteiger partial charge in [0.2, 0.25) is 71.5 Å². The van der Waals surface area contributed by atoms with Crippen molar-refractivity contribution in [1.82, 2.24) is 52.8 Å². The smallest absolute Gasteiger partial charge is 0.248 e. The fourth-order valence-electron chi connectivity index (χ4n) is 18.9. The first-order chi connectivity index (χ1) is 66.9. The Labute approximate surface area is 808 Å². The summed E-state index contributed by atoms with van der Waals surface area (Å²) in [5.74, 6) is -17.5. The van der Waals surface area contributed by atoms with Crippen LogP contribution < -0.4 is 77.3 Å². The molecule has 24 atom stereocenters. The predicted octanol–water partition coefficient (Wildman–Crippen LogP) is 1.15. The van der Waals surface area contributed by atoms with Crippen molar-refractivity contribution < 1.29 is 157 Å². The van der Waals surface area contributed by atoms with Gasteiger partial charge in [-0.15, -0.1) is 0 Å². The Morgan fingerprint density at radius 2 is 1.09 bits per heavy atom. The number of phenolic OH excluding ortho intramolecular Hbond substituents is 4. The van der Waals surface area contributed by atoms with Crippen LogP contribution >= 0.6 is 23.2 Å². The number of aliphatic hydroxyl groups is 10. The number of nitrogens with one attached hydrogen (secondary N) is 9. The van der Waals surface area contributed by atoms with Crippen LogP contribution in [-0.2, 0) is 68.5 Å². The first-order valence-electron chi connectivity index (χ1n) is 45.8. The number of aliphatic hydroxyl groups excluding tert-OH is 10. The largest absolute Gasteiger partial charge is 0.508 e. The van der Waals surface area contributed by atoms with E-state index in [0.29, 0.717) is 44.7 Å². The minimum absolute atomic E-state index is 0.0360. The molecule has 140 heavy (non-hydrogen) atoms. The van der Waals surface area contributed by atoms with Gasteiger partial charge in [-0.25, -0.2) is 0 Å². The van der Waals surface area contributed by atoms with Gasteiger partial charge in [0.25, 0.3) is 0 Å². The zero-order valence-corrected chi connectivity index (χ0v) is 77.0. The lowest BCUT2D eigenvalue weighted by molar-refractivity contribution is -0.284. The minimum atomic E-state index is -2.51. The number of hydrogen-bond acceptors (Lipinski definition) is 34. The van der Waals surface area contributed by atoms with Crippen molar-refractivity contribution in [1.29, 1.82) is 0 Å². The molecule has 0 spiro atoms. The highest BCUT2D eigenvalue weighted by molar-refractivity contribution is 6.32. The summed E-state index contributed by atoms with van der Waals surface area (Å²) in [6.07, 6.45) is -24.3. The molecule has 6 saturated heterocycles. The third kappa shape index (κ3) is 21.7. The van der Waals surface area contributed by atoms with Crippen LogP contribution in [0, 0.1) is 11.8 Å². The zero-order valence-electron chi connectivity index (χ0n) is 75.5. The molecule has 12 aliphatic heterocycles. The van der Waals surface area contributed by atoms with E-state index in [1.165, 1.54) is 36.4 Å². The molecule has 19 rings (SSSR count). The van der Waals surface area contributed by atoms with E-state index in [4.69, 9.17) is 71.6 Å². The van der Waals surface area contributed by atoms with Gasteiger partial charge in [-0.05, 0) is 162 Å². The second kappa shape index (κ2) is 42.8. The maximum atomic E-state index is 17.2. The van der Waals surface area contributed by atoms with Gasteiger partial charge in [-0.3, -0.25) is 43.2 Å². The molecule has 0 aromatic heterocycles. The van der Waals surface area contributed by atoms with E-state index in [2.05, 4.69) is 66.6 Å². The third-order valence-electron chi connectivity index (χ3n) is 26.4. The maximum absolute atomic E-state index is 17.2. The molecule has 25 N–H and O–H groups in total. The van der Waals surface area contributed by atoms with Gasteiger partial charge in [-0.1, -0.05) is 87.0 Å². The van der Waals surface area contributed by atoms with Gasteiger partial charge in [0, 0.05) is 55.6 Å². The number of fused-ring (bicyclic) bond motifs is 17. The molecule has 1 unspecified atom stereocenters. The van der Waals surface area contributed by atoms with E-state index in [1.807, 2.05) is 0 Å². The van der Waals surface area contributed by atoms with Crippen LogP contribution in [0.5, 0.6) is 69.0 Å². The van der Waals surface area contributed by atoms with E-state index in [-0.39, 0.29) is 63.4 Å². The lowest BCUT2D eigenvalue weighted by atomic mass is 9.83. The summed E-state index contributed by atoms with van der Waals surface area (Å²) in [4.78, 5) is 144. The number of ether oxygens (including phenoxy) is 9. The number of carbonyl (C=O) groups is 9. The number of nitrogens with two attached hydrogens (primary N) is 1.